The molecular weight excluding hydrogens is 286 g/mol. The fraction of sp³-hybridized carbons (Fsp3) is 0.429. The number of aliphatic carboxylic acids is 1. The molecule has 1 aliphatic rings. The molecule has 1 unspecified atom stereocenters. The Kier molecular flexibility index (Phi) is 3.23. The van der Waals surface area contributed by atoms with Crippen molar-refractivity contribution in [2.75, 3.05) is 18.4 Å². The molecule has 1 fully saturated rings. The summed E-state index contributed by atoms with van der Waals surface area (Å²) in [5.74, 6) is -0.874. The Labute approximate surface area is 126 Å². The summed E-state index contributed by atoms with van der Waals surface area (Å²) < 4.78 is 1.63. The molecule has 1 saturated heterocycles. The number of carbonyl (C=O) groups is 2. The third-order valence-electron chi connectivity index (χ3n) is 4.15. The molecule has 116 valence electrons. The predicted octanol–water partition coefficient (Wildman–Crippen LogP) is 1.30. The van der Waals surface area contributed by atoms with Crippen LogP contribution in [0.15, 0.2) is 18.5 Å². The van der Waals surface area contributed by atoms with Crippen molar-refractivity contribution in [1.29, 1.82) is 0 Å². The van der Waals surface area contributed by atoms with Gasteiger partial charge in [0.1, 0.15) is 0 Å². The number of pyridine rings is 1. The monoisotopic (exact) mass is 303 g/mol. The molecule has 2 aromatic rings. The topological polar surface area (TPSA) is 100 Å². The number of anilines is 1. The summed E-state index contributed by atoms with van der Waals surface area (Å²) in [5, 5.41) is 16.9. The van der Waals surface area contributed by atoms with Crippen LogP contribution in [0.5, 0.6) is 0 Å². The van der Waals surface area contributed by atoms with E-state index in [1.807, 2.05) is 0 Å². The molecule has 2 amide bonds. The lowest BCUT2D eigenvalue weighted by Gasteiger charge is -2.20. The number of amides is 2. The van der Waals surface area contributed by atoms with Gasteiger partial charge in [-0.25, -0.2) is 9.78 Å². The highest BCUT2D eigenvalue weighted by Gasteiger charge is 2.42. The van der Waals surface area contributed by atoms with Crippen LogP contribution in [0.1, 0.15) is 13.3 Å². The molecule has 3 heterocycles. The van der Waals surface area contributed by atoms with Crippen LogP contribution in [0.3, 0.4) is 0 Å². The zero-order valence-electron chi connectivity index (χ0n) is 12.4. The van der Waals surface area contributed by atoms with Gasteiger partial charge in [-0.05, 0) is 19.4 Å². The van der Waals surface area contributed by atoms with Crippen molar-refractivity contribution in [3.8, 4) is 0 Å². The maximum absolute atomic E-state index is 12.3. The average molecular weight is 303 g/mol. The summed E-state index contributed by atoms with van der Waals surface area (Å²) in [5.41, 5.74) is 0.417. The van der Waals surface area contributed by atoms with Crippen molar-refractivity contribution in [3.63, 3.8) is 0 Å². The first-order valence-corrected chi connectivity index (χ1v) is 6.97. The largest absolute Gasteiger partial charge is 0.481 e. The zero-order valence-corrected chi connectivity index (χ0v) is 12.4. The standard InChI is InChI=1S/C14H17N5O3/c1-14(12(20)21)4-6-19(8-14)13(22)17-10-3-5-15-11-9(10)7-16-18(11)2/h3,5,7H,4,6,8H2,1-2H3,(H,20,21)(H,15,17,22). The van der Waals surface area contributed by atoms with Gasteiger partial charge in [-0.3, -0.25) is 9.48 Å². The lowest BCUT2D eigenvalue weighted by Crippen LogP contribution is -2.37. The fourth-order valence-corrected chi connectivity index (χ4v) is 2.66. The number of carboxylic acid groups (broad SMARTS) is 1. The van der Waals surface area contributed by atoms with Crippen LogP contribution < -0.4 is 5.32 Å². The number of hydrogen-bond acceptors (Lipinski definition) is 4. The summed E-state index contributed by atoms with van der Waals surface area (Å²) >= 11 is 0. The van der Waals surface area contributed by atoms with Crippen molar-refractivity contribution in [2.45, 2.75) is 13.3 Å². The highest BCUT2D eigenvalue weighted by molar-refractivity contribution is 5.99. The fourth-order valence-electron chi connectivity index (χ4n) is 2.66. The summed E-state index contributed by atoms with van der Waals surface area (Å²) in [6.45, 7) is 2.29. The zero-order chi connectivity index (χ0) is 15.9. The van der Waals surface area contributed by atoms with Crippen molar-refractivity contribution >= 4 is 28.7 Å². The predicted molar refractivity (Wildman–Crippen MR) is 79.5 cm³/mol. The van der Waals surface area contributed by atoms with Crippen LogP contribution in [0, 0.1) is 5.41 Å². The van der Waals surface area contributed by atoms with Crippen molar-refractivity contribution < 1.29 is 14.7 Å². The van der Waals surface area contributed by atoms with Gasteiger partial charge in [-0.2, -0.15) is 5.10 Å². The van der Waals surface area contributed by atoms with Gasteiger partial charge in [0.2, 0.25) is 0 Å². The number of aryl methyl sites for hydroxylation is 1. The molecule has 0 aromatic carbocycles. The molecule has 0 bridgehead atoms. The maximum Gasteiger partial charge on any atom is 0.321 e. The van der Waals surface area contributed by atoms with E-state index < -0.39 is 11.4 Å². The molecule has 1 atom stereocenters. The molecule has 3 rings (SSSR count). The van der Waals surface area contributed by atoms with Gasteiger partial charge in [0, 0.05) is 26.3 Å². The third-order valence-corrected chi connectivity index (χ3v) is 4.15. The second kappa shape index (κ2) is 4.97. The molecule has 2 aromatic heterocycles. The molecule has 1 aliphatic heterocycles. The van der Waals surface area contributed by atoms with E-state index in [4.69, 9.17) is 0 Å². The highest BCUT2D eigenvalue weighted by Crippen LogP contribution is 2.30. The quantitative estimate of drug-likeness (QED) is 0.871. The number of rotatable bonds is 2. The van der Waals surface area contributed by atoms with E-state index in [0.717, 1.165) is 5.39 Å². The summed E-state index contributed by atoms with van der Waals surface area (Å²) in [7, 11) is 1.78. The molecule has 0 radical (unpaired) electrons. The minimum absolute atomic E-state index is 0.204. The lowest BCUT2D eigenvalue weighted by atomic mass is 9.90. The van der Waals surface area contributed by atoms with Crippen LogP contribution in [0.2, 0.25) is 0 Å². The molecule has 8 heteroatoms. The average Bonchev–Trinajstić information content (AvgIpc) is 3.05. The Morgan fingerprint density at radius 1 is 1.45 bits per heavy atom. The van der Waals surface area contributed by atoms with Gasteiger partial charge in [-0.15, -0.1) is 0 Å². The minimum Gasteiger partial charge on any atom is -0.481 e. The molecule has 2 N–H and O–H groups in total. The van der Waals surface area contributed by atoms with E-state index in [9.17, 15) is 14.7 Å². The molecule has 8 nitrogen and oxygen atoms in total. The lowest BCUT2D eigenvalue weighted by molar-refractivity contribution is -0.146. The number of carboxylic acids is 1. The maximum atomic E-state index is 12.3. The Hall–Kier alpha value is -2.64. The SMILES string of the molecule is Cn1ncc2c(NC(=O)N3CCC(C)(C(=O)O)C3)ccnc21. The van der Waals surface area contributed by atoms with Gasteiger partial charge in [-0.1, -0.05) is 0 Å². The Bertz CT molecular complexity index is 756. The summed E-state index contributed by atoms with van der Waals surface area (Å²) in [6.07, 6.45) is 3.70. The number of nitrogens with zero attached hydrogens (tertiary/aromatic N) is 4. The molecule has 0 aliphatic carbocycles. The number of hydrogen-bond donors (Lipinski definition) is 2. The van der Waals surface area contributed by atoms with Gasteiger partial charge < -0.3 is 15.3 Å². The molecule has 0 spiro atoms. The normalized spacial score (nSPS) is 21.3. The van der Waals surface area contributed by atoms with Gasteiger partial charge in [0.25, 0.3) is 0 Å². The highest BCUT2D eigenvalue weighted by atomic mass is 16.4. The van der Waals surface area contributed by atoms with E-state index in [1.54, 1.807) is 37.1 Å². The minimum atomic E-state index is -0.876. The smallest absolute Gasteiger partial charge is 0.321 e. The van der Waals surface area contributed by atoms with Crippen LogP contribution in [-0.2, 0) is 11.8 Å². The van der Waals surface area contributed by atoms with Gasteiger partial charge in [0.15, 0.2) is 5.65 Å². The van der Waals surface area contributed by atoms with E-state index in [0.29, 0.717) is 24.3 Å². The first-order valence-electron chi connectivity index (χ1n) is 6.97. The van der Waals surface area contributed by atoms with E-state index >= 15 is 0 Å². The van der Waals surface area contributed by atoms with Crippen LogP contribution in [0.25, 0.3) is 11.0 Å². The molecular formula is C14H17N5O3. The van der Waals surface area contributed by atoms with Crippen molar-refractivity contribution in [3.05, 3.63) is 18.5 Å². The number of urea groups is 1. The first kappa shape index (κ1) is 14.3. The number of carbonyl (C=O) groups excluding carboxylic acids is 1. The second-order valence-corrected chi connectivity index (χ2v) is 5.83. The van der Waals surface area contributed by atoms with Crippen LogP contribution >= 0.6 is 0 Å². The van der Waals surface area contributed by atoms with E-state index in [-0.39, 0.29) is 12.6 Å². The van der Waals surface area contributed by atoms with Gasteiger partial charge in [0.05, 0.1) is 22.7 Å². The summed E-state index contributed by atoms with van der Waals surface area (Å²) in [6, 6.07) is 1.40. The first-order chi connectivity index (χ1) is 10.4. The van der Waals surface area contributed by atoms with Crippen molar-refractivity contribution in [1.82, 2.24) is 19.7 Å². The summed E-state index contributed by atoms with van der Waals surface area (Å²) in [4.78, 5) is 29.3. The van der Waals surface area contributed by atoms with E-state index in [2.05, 4.69) is 15.4 Å². The molecule has 22 heavy (non-hydrogen) atoms. The number of fused-ring (bicyclic) bond motifs is 1. The van der Waals surface area contributed by atoms with Crippen molar-refractivity contribution in [2.24, 2.45) is 12.5 Å². The Morgan fingerprint density at radius 3 is 2.91 bits per heavy atom. The number of nitrogens with one attached hydrogen (secondary N) is 1. The second-order valence-electron chi connectivity index (χ2n) is 5.83. The van der Waals surface area contributed by atoms with Gasteiger partial charge >= 0.3 is 12.0 Å². The van der Waals surface area contributed by atoms with Crippen LogP contribution in [0.4, 0.5) is 10.5 Å². The third kappa shape index (κ3) is 2.26. The molecule has 0 saturated carbocycles. The van der Waals surface area contributed by atoms with E-state index in [1.165, 1.54) is 4.90 Å². The number of aromatic nitrogens is 3. The number of likely N-dealkylation sites (tertiary alicyclic amines) is 1. The Balaban J connectivity index is 1.78. The Morgan fingerprint density at radius 2 is 2.23 bits per heavy atom. The van der Waals surface area contributed by atoms with Crippen LogP contribution in [-0.4, -0.2) is 49.9 Å².